The predicted molar refractivity (Wildman–Crippen MR) is 118 cm³/mol. The van der Waals surface area contributed by atoms with Crippen LogP contribution in [0.15, 0.2) is 88.2 Å². The summed E-state index contributed by atoms with van der Waals surface area (Å²) < 4.78 is 38.5. The highest BCUT2D eigenvalue weighted by atomic mass is 32.2. The molecular weight excluding hydrogens is 432 g/mol. The average molecular weight is 450 g/mol. The number of sulfonamides is 1. The molecule has 4 rings (SSSR count). The van der Waals surface area contributed by atoms with Crippen molar-refractivity contribution < 1.29 is 22.4 Å². The van der Waals surface area contributed by atoms with Gasteiger partial charge in [0, 0.05) is 5.56 Å². The van der Waals surface area contributed by atoms with E-state index in [2.05, 4.69) is 20.2 Å². The van der Waals surface area contributed by atoms with Crippen molar-refractivity contribution >= 4 is 27.6 Å². The molecule has 0 atom stereocenters. The summed E-state index contributed by atoms with van der Waals surface area (Å²) in [6.45, 7) is 0. The third kappa shape index (κ3) is 4.60. The van der Waals surface area contributed by atoms with Gasteiger partial charge in [0.1, 0.15) is 5.75 Å². The van der Waals surface area contributed by atoms with Crippen LogP contribution in [-0.2, 0) is 10.0 Å². The van der Waals surface area contributed by atoms with Gasteiger partial charge in [0.2, 0.25) is 5.89 Å². The number of hydrogen-bond acceptors (Lipinski definition) is 7. The van der Waals surface area contributed by atoms with Gasteiger partial charge in [-0.25, -0.2) is 8.42 Å². The zero-order valence-electron chi connectivity index (χ0n) is 16.8. The van der Waals surface area contributed by atoms with Crippen molar-refractivity contribution in [1.29, 1.82) is 0 Å². The number of nitrogens with one attached hydrogen (secondary N) is 2. The number of benzene rings is 3. The lowest BCUT2D eigenvalue weighted by molar-refractivity contribution is 0.102. The number of aromatic nitrogens is 2. The van der Waals surface area contributed by atoms with Crippen molar-refractivity contribution in [3.63, 3.8) is 0 Å². The third-order valence-electron chi connectivity index (χ3n) is 4.45. The van der Waals surface area contributed by atoms with Crippen LogP contribution < -0.4 is 14.8 Å². The van der Waals surface area contributed by atoms with Crippen LogP contribution in [0.2, 0.25) is 0 Å². The number of amides is 1. The number of carbonyl (C=O) groups is 1. The molecule has 0 aliphatic carbocycles. The summed E-state index contributed by atoms with van der Waals surface area (Å²) in [5.41, 5.74) is 0.890. The zero-order chi connectivity index (χ0) is 22.6. The smallest absolute Gasteiger partial charge is 0.322 e. The van der Waals surface area contributed by atoms with Crippen molar-refractivity contribution in [3.05, 3.63) is 84.4 Å². The van der Waals surface area contributed by atoms with E-state index in [0.29, 0.717) is 11.3 Å². The van der Waals surface area contributed by atoms with Crippen molar-refractivity contribution in [1.82, 2.24) is 10.2 Å². The molecule has 0 aliphatic rings. The van der Waals surface area contributed by atoms with E-state index in [9.17, 15) is 13.2 Å². The van der Waals surface area contributed by atoms with Crippen LogP contribution in [0.3, 0.4) is 0 Å². The molecule has 1 heterocycles. The van der Waals surface area contributed by atoms with E-state index < -0.39 is 15.9 Å². The second-order valence-corrected chi connectivity index (χ2v) is 8.24. The Kier molecular flexibility index (Phi) is 5.86. The minimum atomic E-state index is -3.94. The molecule has 0 radical (unpaired) electrons. The number of rotatable bonds is 7. The first kappa shape index (κ1) is 21.1. The molecule has 10 heteroatoms. The first-order valence-electron chi connectivity index (χ1n) is 9.42. The lowest BCUT2D eigenvalue weighted by Crippen LogP contribution is -2.18. The second kappa shape index (κ2) is 8.90. The SMILES string of the molecule is COc1ccc(S(=O)(=O)Nc2ccccc2C(=O)Nc2nnc(-c3ccccc3)o2)cc1. The van der Waals surface area contributed by atoms with Crippen LogP contribution in [0.1, 0.15) is 10.4 Å². The molecule has 1 aromatic heterocycles. The molecule has 2 N–H and O–H groups in total. The van der Waals surface area contributed by atoms with Gasteiger partial charge in [0.25, 0.3) is 15.9 Å². The molecule has 9 nitrogen and oxygen atoms in total. The van der Waals surface area contributed by atoms with Gasteiger partial charge >= 0.3 is 6.01 Å². The Hall–Kier alpha value is -4.18. The number of carbonyl (C=O) groups excluding carboxylic acids is 1. The molecule has 4 aromatic rings. The summed E-state index contributed by atoms with van der Waals surface area (Å²) >= 11 is 0. The standard InChI is InChI=1S/C22H18N4O5S/c1-30-16-11-13-17(14-12-16)32(28,29)26-19-10-6-5-9-18(19)20(27)23-22-25-24-21(31-22)15-7-3-2-4-8-15/h2-14,26H,1H3,(H,23,25,27). The maximum atomic E-state index is 12.8. The van der Waals surface area contributed by atoms with E-state index in [0.717, 1.165) is 0 Å². The summed E-state index contributed by atoms with van der Waals surface area (Å²) in [4.78, 5) is 12.8. The molecule has 3 aromatic carbocycles. The van der Waals surface area contributed by atoms with Gasteiger partial charge in [-0.15, -0.1) is 5.10 Å². The highest BCUT2D eigenvalue weighted by Crippen LogP contribution is 2.24. The molecule has 0 bridgehead atoms. The number of methoxy groups -OCH3 is 1. The Morgan fingerprint density at radius 3 is 2.31 bits per heavy atom. The van der Waals surface area contributed by atoms with Crippen molar-refractivity contribution in [3.8, 4) is 17.2 Å². The molecular formula is C22H18N4O5S. The number of nitrogens with zero attached hydrogens (tertiary/aromatic N) is 2. The molecule has 0 aliphatic heterocycles. The van der Waals surface area contributed by atoms with Gasteiger partial charge in [-0.3, -0.25) is 14.8 Å². The van der Waals surface area contributed by atoms with Crippen LogP contribution in [-0.4, -0.2) is 31.6 Å². The van der Waals surface area contributed by atoms with Crippen LogP contribution in [0.4, 0.5) is 11.7 Å². The van der Waals surface area contributed by atoms with E-state index in [1.54, 1.807) is 24.3 Å². The summed E-state index contributed by atoms with van der Waals surface area (Å²) in [5.74, 6) is 0.161. The molecule has 0 saturated heterocycles. The largest absolute Gasteiger partial charge is 0.497 e. The van der Waals surface area contributed by atoms with Gasteiger partial charge in [0.05, 0.1) is 23.3 Å². The summed E-state index contributed by atoms with van der Waals surface area (Å²) in [7, 11) is -2.45. The van der Waals surface area contributed by atoms with Gasteiger partial charge in [0.15, 0.2) is 0 Å². The van der Waals surface area contributed by atoms with Gasteiger partial charge in [-0.2, -0.15) is 0 Å². The first-order valence-corrected chi connectivity index (χ1v) is 10.9. The van der Waals surface area contributed by atoms with E-state index in [-0.39, 0.29) is 28.1 Å². The lowest BCUT2D eigenvalue weighted by Gasteiger charge is -2.12. The fraction of sp³-hybridized carbons (Fsp3) is 0.0455. The Bertz CT molecular complexity index is 1340. The number of anilines is 2. The number of para-hydroxylation sites is 1. The minimum absolute atomic E-state index is 0.0258. The lowest BCUT2D eigenvalue weighted by atomic mass is 10.2. The van der Waals surface area contributed by atoms with Crippen molar-refractivity contribution in [2.45, 2.75) is 4.90 Å². The molecule has 0 saturated carbocycles. The van der Waals surface area contributed by atoms with Crippen LogP contribution in [0.25, 0.3) is 11.5 Å². The van der Waals surface area contributed by atoms with Gasteiger partial charge in [-0.1, -0.05) is 35.4 Å². The van der Waals surface area contributed by atoms with Crippen LogP contribution in [0, 0.1) is 0 Å². The first-order chi connectivity index (χ1) is 15.5. The highest BCUT2D eigenvalue weighted by molar-refractivity contribution is 7.92. The quantitative estimate of drug-likeness (QED) is 0.439. The van der Waals surface area contributed by atoms with Gasteiger partial charge < -0.3 is 9.15 Å². The Balaban J connectivity index is 1.54. The minimum Gasteiger partial charge on any atom is -0.497 e. The maximum absolute atomic E-state index is 12.8. The monoisotopic (exact) mass is 450 g/mol. The Labute approximate surface area is 184 Å². The average Bonchev–Trinajstić information content (AvgIpc) is 3.28. The van der Waals surface area contributed by atoms with E-state index in [4.69, 9.17) is 9.15 Å². The van der Waals surface area contributed by atoms with Gasteiger partial charge in [-0.05, 0) is 48.5 Å². The Morgan fingerprint density at radius 1 is 0.906 bits per heavy atom. The molecule has 162 valence electrons. The summed E-state index contributed by atoms with van der Waals surface area (Å²) in [6.07, 6.45) is 0. The maximum Gasteiger partial charge on any atom is 0.322 e. The number of hydrogen-bond donors (Lipinski definition) is 2. The van der Waals surface area contributed by atoms with Crippen LogP contribution in [0.5, 0.6) is 5.75 Å². The molecule has 1 amide bonds. The van der Waals surface area contributed by atoms with Crippen LogP contribution >= 0.6 is 0 Å². The highest BCUT2D eigenvalue weighted by Gasteiger charge is 2.20. The zero-order valence-corrected chi connectivity index (χ0v) is 17.7. The van der Waals surface area contributed by atoms with E-state index >= 15 is 0 Å². The molecule has 32 heavy (non-hydrogen) atoms. The summed E-state index contributed by atoms with van der Waals surface area (Å²) in [5, 5.41) is 10.2. The van der Waals surface area contributed by atoms with E-state index in [1.165, 1.54) is 43.5 Å². The normalized spacial score (nSPS) is 11.0. The fourth-order valence-electron chi connectivity index (χ4n) is 2.86. The topological polar surface area (TPSA) is 123 Å². The Morgan fingerprint density at radius 2 is 1.59 bits per heavy atom. The second-order valence-electron chi connectivity index (χ2n) is 6.56. The van der Waals surface area contributed by atoms with Crippen molar-refractivity contribution in [2.24, 2.45) is 0 Å². The third-order valence-corrected chi connectivity index (χ3v) is 5.83. The molecule has 0 unspecified atom stereocenters. The molecule has 0 spiro atoms. The number of ether oxygens (including phenoxy) is 1. The fourth-order valence-corrected chi connectivity index (χ4v) is 3.94. The predicted octanol–water partition coefficient (Wildman–Crippen LogP) is 3.80. The molecule has 0 fully saturated rings. The summed E-state index contributed by atoms with van der Waals surface area (Å²) in [6, 6.07) is 21.1. The van der Waals surface area contributed by atoms with E-state index in [1.807, 2.05) is 18.2 Å². The van der Waals surface area contributed by atoms with Crippen molar-refractivity contribution in [2.75, 3.05) is 17.1 Å².